The molecule has 8 heteroatoms. The molecule has 0 aliphatic carbocycles. The van der Waals surface area contributed by atoms with Gasteiger partial charge in [0.15, 0.2) is 0 Å². The standard InChI is InChI=1S/C18H19N5O3/c1-13-9-10-19-18-20-16(21-23(13)18)17(26)22(11-5-8-15(24)25)12-14-6-3-2-4-7-14/h2-4,6-7,9-10H,5,8,11-12H2,1H3,(H,24,25). The Bertz CT molecular complexity index is 923. The van der Waals surface area contributed by atoms with Crippen molar-refractivity contribution in [3.05, 3.63) is 59.7 Å². The van der Waals surface area contributed by atoms with Gasteiger partial charge in [-0.25, -0.2) is 9.50 Å². The van der Waals surface area contributed by atoms with Crippen molar-refractivity contribution < 1.29 is 14.7 Å². The molecule has 0 saturated carbocycles. The predicted octanol–water partition coefficient (Wildman–Crippen LogP) is 1.94. The second kappa shape index (κ2) is 7.73. The Morgan fingerprint density at radius 1 is 1.19 bits per heavy atom. The average molecular weight is 353 g/mol. The minimum atomic E-state index is -0.886. The minimum absolute atomic E-state index is 0.00215. The molecule has 3 aromatic rings. The van der Waals surface area contributed by atoms with Gasteiger partial charge in [0.05, 0.1) is 0 Å². The molecule has 1 N–H and O–H groups in total. The van der Waals surface area contributed by atoms with Crippen LogP contribution in [0.25, 0.3) is 5.78 Å². The van der Waals surface area contributed by atoms with Crippen LogP contribution >= 0.6 is 0 Å². The number of aliphatic carboxylic acids is 1. The molecule has 0 bridgehead atoms. The quantitative estimate of drug-likeness (QED) is 0.697. The summed E-state index contributed by atoms with van der Waals surface area (Å²) in [5, 5.41) is 13.1. The number of fused-ring (bicyclic) bond motifs is 1. The number of aromatic nitrogens is 4. The molecule has 0 aliphatic rings. The molecule has 0 radical (unpaired) electrons. The summed E-state index contributed by atoms with van der Waals surface area (Å²) in [6, 6.07) is 11.3. The Morgan fingerprint density at radius 2 is 1.96 bits per heavy atom. The Balaban J connectivity index is 1.84. The van der Waals surface area contributed by atoms with Gasteiger partial charge in [-0.2, -0.15) is 4.98 Å². The van der Waals surface area contributed by atoms with E-state index in [-0.39, 0.29) is 18.2 Å². The van der Waals surface area contributed by atoms with Crippen molar-refractivity contribution in [2.45, 2.75) is 26.3 Å². The lowest BCUT2D eigenvalue weighted by Gasteiger charge is -2.21. The zero-order valence-corrected chi connectivity index (χ0v) is 14.4. The number of aryl methyl sites for hydroxylation is 1. The van der Waals surface area contributed by atoms with E-state index in [9.17, 15) is 9.59 Å². The predicted molar refractivity (Wildman–Crippen MR) is 93.6 cm³/mol. The number of hydrogen-bond acceptors (Lipinski definition) is 5. The highest BCUT2D eigenvalue weighted by Gasteiger charge is 2.21. The smallest absolute Gasteiger partial charge is 0.303 e. The van der Waals surface area contributed by atoms with E-state index in [4.69, 9.17) is 5.11 Å². The number of carboxylic acids is 1. The fourth-order valence-corrected chi connectivity index (χ4v) is 2.62. The molecule has 134 valence electrons. The molecule has 0 spiro atoms. The number of rotatable bonds is 7. The summed E-state index contributed by atoms with van der Waals surface area (Å²) in [6.45, 7) is 2.52. The molecule has 26 heavy (non-hydrogen) atoms. The van der Waals surface area contributed by atoms with Crippen LogP contribution in [0.5, 0.6) is 0 Å². The second-order valence-electron chi connectivity index (χ2n) is 5.94. The van der Waals surface area contributed by atoms with Gasteiger partial charge in [0.1, 0.15) is 0 Å². The number of benzene rings is 1. The number of carboxylic acid groups (broad SMARTS) is 1. The van der Waals surface area contributed by atoms with Gasteiger partial charge in [0.25, 0.3) is 11.7 Å². The second-order valence-corrected chi connectivity index (χ2v) is 5.94. The monoisotopic (exact) mass is 353 g/mol. The zero-order chi connectivity index (χ0) is 18.5. The summed E-state index contributed by atoms with van der Waals surface area (Å²) < 4.78 is 1.52. The summed E-state index contributed by atoms with van der Waals surface area (Å²) in [4.78, 5) is 33.6. The molecule has 1 amide bonds. The molecule has 1 aromatic carbocycles. The van der Waals surface area contributed by atoms with Crippen molar-refractivity contribution in [1.82, 2.24) is 24.5 Å². The summed E-state index contributed by atoms with van der Waals surface area (Å²) >= 11 is 0. The van der Waals surface area contributed by atoms with Crippen molar-refractivity contribution >= 4 is 17.7 Å². The van der Waals surface area contributed by atoms with E-state index in [1.54, 1.807) is 17.2 Å². The van der Waals surface area contributed by atoms with E-state index in [1.165, 1.54) is 4.52 Å². The maximum absolute atomic E-state index is 12.9. The summed E-state index contributed by atoms with van der Waals surface area (Å²) in [6.07, 6.45) is 1.97. The van der Waals surface area contributed by atoms with Crippen LogP contribution in [0.2, 0.25) is 0 Å². The topological polar surface area (TPSA) is 101 Å². The van der Waals surface area contributed by atoms with E-state index in [1.807, 2.05) is 37.3 Å². The largest absolute Gasteiger partial charge is 0.481 e. The Hall–Kier alpha value is -3.29. The highest BCUT2D eigenvalue weighted by atomic mass is 16.4. The van der Waals surface area contributed by atoms with Crippen molar-refractivity contribution in [3.63, 3.8) is 0 Å². The molecule has 0 fully saturated rings. The van der Waals surface area contributed by atoms with Crippen molar-refractivity contribution in [3.8, 4) is 0 Å². The zero-order valence-electron chi connectivity index (χ0n) is 14.4. The molecule has 8 nitrogen and oxygen atoms in total. The molecular weight excluding hydrogens is 334 g/mol. The van der Waals surface area contributed by atoms with Gasteiger partial charge >= 0.3 is 5.97 Å². The first-order valence-electron chi connectivity index (χ1n) is 8.28. The van der Waals surface area contributed by atoms with Gasteiger partial charge in [-0.05, 0) is 25.0 Å². The van der Waals surface area contributed by atoms with Crippen LogP contribution in [0.15, 0.2) is 42.6 Å². The van der Waals surface area contributed by atoms with E-state index in [0.29, 0.717) is 25.3 Å². The van der Waals surface area contributed by atoms with Crippen LogP contribution < -0.4 is 0 Å². The maximum Gasteiger partial charge on any atom is 0.303 e. The average Bonchev–Trinajstić information content (AvgIpc) is 3.06. The molecule has 3 rings (SSSR count). The lowest BCUT2D eigenvalue weighted by molar-refractivity contribution is -0.137. The van der Waals surface area contributed by atoms with Crippen molar-refractivity contribution in [1.29, 1.82) is 0 Å². The van der Waals surface area contributed by atoms with E-state index < -0.39 is 5.97 Å². The highest BCUT2D eigenvalue weighted by molar-refractivity contribution is 5.90. The molecule has 2 aromatic heterocycles. The molecule has 0 aliphatic heterocycles. The SMILES string of the molecule is Cc1ccnc2nc(C(=O)N(CCCC(=O)O)Cc3ccccc3)nn12. The number of nitrogens with zero attached hydrogens (tertiary/aromatic N) is 5. The molecule has 0 saturated heterocycles. The van der Waals surface area contributed by atoms with E-state index in [0.717, 1.165) is 11.3 Å². The first-order valence-corrected chi connectivity index (χ1v) is 8.28. The highest BCUT2D eigenvalue weighted by Crippen LogP contribution is 2.11. The van der Waals surface area contributed by atoms with Gasteiger partial charge < -0.3 is 10.0 Å². The fourth-order valence-electron chi connectivity index (χ4n) is 2.62. The lowest BCUT2D eigenvalue weighted by Crippen LogP contribution is -2.32. The van der Waals surface area contributed by atoms with Crippen molar-refractivity contribution in [2.24, 2.45) is 0 Å². The number of hydrogen-bond donors (Lipinski definition) is 1. The van der Waals surface area contributed by atoms with Crippen LogP contribution in [-0.2, 0) is 11.3 Å². The first-order chi connectivity index (χ1) is 12.5. The number of carbonyl (C=O) groups is 2. The third-order valence-electron chi connectivity index (χ3n) is 3.94. The summed E-state index contributed by atoms with van der Waals surface area (Å²) in [5.41, 5.74) is 1.77. The van der Waals surface area contributed by atoms with E-state index >= 15 is 0 Å². The van der Waals surface area contributed by atoms with E-state index in [2.05, 4.69) is 15.1 Å². The summed E-state index contributed by atoms with van der Waals surface area (Å²) in [7, 11) is 0. The normalized spacial score (nSPS) is 10.8. The van der Waals surface area contributed by atoms with Crippen LogP contribution in [0, 0.1) is 6.92 Å². The Kier molecular flexibility index (Phi) is 5.21. The molecule has 0 unspecified atom stereocenters. The molecular formula is C18H19N5O3. The van der Waals surface area contributed by atoms with Gasteiger partial charge in [-0.3, -0.25) is 9.59 Å². The van der Waals surface area contributed by atoms with Gasteiger partial charge in [-0.1, -0.05) is 30.3 Å². The Labute approximate surface area is 150 Å². The maximum atomic E-state index is 12.9. The van der Waals surface area contributed by atoms with Crippen LogP contribution in [0.3, 0.4) is 0 Å². The number of carbonyl (C=O) groups excluding carboxylic acids is 1. The fraction of sp³-hybridized carbons (Fsp3) is 0.278. The van der Waals surface area contributed by atoms with Gasteiger partial charge in [0.2, 0.25) is 5.82 Å². The van der Waals surface area contributed by atoms with Gasteiger partial charge in [-0.15, -0.1) is 5.10 Å². The van der Waals surface area contributed by atoms with Crippen LogP contribution in [0.1, 0.15) is 34.7 Å². The summed E-state index contributed by atoms with van der Waals surface area (Å²) in [5.74, 6) is -0.816. The molecule has 2 heterocycles. The van der Waals surface area contributed by atoms with Crippen molar-refractivity contribution in [2.75, 3.05) is 6.54 Å². The third kappa shape index (κ3) is 4.02. The molecule has 0 atom stereocenters. The Morgan fingerprint density at radius 3 is 2.65 bits per heavy atom. The van der Waals surface area contributed by atoms with Crippen LogP contribution in [-0.4, -0.2) is 48.0 Å². The minimum Gasteiger partial charge on any atom is -0.481 e. The number of amides is 1. The van der Waals surface area contributed by atoms with Crippen LogP contribution in [0.4, 0.5) is 0 Å². The first kappa shape index (κ1) is 17.5. The third-order valence-corrected chi connectivity index (χ3v) is 3.94. The lowest BCUT2D eigenvalue weighted by atomic mass is 10.2. The van der Waals surface area contributed by atoms with Gasteiger partial charge in [0, 0.05) is 31.4 Å².